The smallest absolute Gasteiger partial charge is 0.306 e. The standard InChI is InChI=1S/C77H134O6/c1-4-7-10-13-16-19-22-25-27-29-30-31-32-33-34-35-36-37-38-39-40-41-42-43-44-45-46-48-49-52-55-58-61-64-67-70-76(79)82-73-74(72-81-75(78)69-66-63-60-57-54-51-24-21-18-15-12-9-6-3)83-77(80)71-68-65-62-59-56-53-50-47-28-26-23-20-17-14-11-8-5-2/h7,10,16-17,19-21,24-28,30-31,33-34,74H,4-6,8-9,11-15,18,22-23,29,32,35-73H2,1-3H3/b10-7-,19-16-,20-17-,24-21-,27-25-,28-26-,31-30-,34-33-. The lowest BCUT2D eigenvalue weighted by Gasteiger charge is -2.18. The monoisotopic (exact) mass is 1160 g/mol. The summed E-state index contributed by atoms with van der Waals surface area (Å²) in [4.78, 5) is 38.4. The van der Waals surface area contributed by atoms with Crippen LogP contribution in [0.2, 0.25) is 0 Å². The molecule has 6 nitrogen and oxygen atoms in total. The first-order valence-corrected chi connectivity index (χ1v) is 35.7. The van der Waals surface area contributed by atoms with E-state index >= 15 is 0 Å². The predicted molar refractivity (Wildman–Crippen MR) is 362 cm³/mol. The molecule has 0 aromatic carbocycles. The molecule has 0 aliphatic carbocycles. The molecule has 0 spiro atoms. The Labute approximate surface area is 515 Å². The van der Waals surface area contributed by atoms with E-state index in [9.17, 15) is 14.4 Å². The average molecular weight is 1160 g/mol. The van der Waals surface area contributed by atoms with E-state index in [-0.39, 0.29) is 31.1 Å². The van der Waals surface area contributed by atoms with Crippen LogP contribution in [0.5, 0.6) is 0 Å². The van der Waals surface area contributed by atoms with Crippen molar-refractivity contribution < 1.29 is 28.6 Å². The Balaban J connectivity index is 4.14. The first-order chi connectivity index (χ1) is 41.0. The molecule has 0 aliphatic rings. The van der Waals surface area contributed by atoms with Gasteiger partial charge in [-0.05, 0) is 122 Å². The van der Waals surface area contributed by atoms with Crippen molar-refractivity contribution in [2.24, 2.45) is 0 Å². The molecule has 0 amide bonds. The van der Waals surface area contributed by atoms with Gasteiger partial charge in [0.05, 0.1) is 0 Å². The zero-order valence-electron chi connectivity index (χ0n) is 54.9. The van der Waals surface area contributed by atoms with Crippen molar-refractivity contribution in [3.8, 4) is 0 Å². The largest absolute Gasteiger partial charge is 0.462 e. The fourth-order valence-electron chi connectivity index (χ4n) is 10.2. The molecule has 0 aromatic heterocycles. The van der Waals surface area contributed by atoms with E-state index in [1.165, 1.54) is 205 Å². The van der Waals surface area contributed by atoms with E-state index in [1.807, 2.05) is 0 Å². The van der Waals surface area contributed by atoms with E-state index in [1.54, 1.807) is 0 Å². The highest BCUT2D eigenvalue weighted by molar-refractivity contribution is 5.71. The summed E-state index contributed by atoms with van der Waals surface area (Å²) < 4.78 is 17.0. The number of carbonyl (C=O) groups excluding carboxylic acids is 3. The predicted octanol–water partition coefficient (Wildman–Crippen LogP) is 24.8. The third-order valence-corrected chi connectivity index (χ3v) is 15.5. The van der Waals surface area contributed by atoms with Gasteiger partial charge < -0.3 is 14.2 Å². The first-order valence-electron chi connectivity index (χ1n) is 35.7. The summed E-state index contributed by atoms with van der Waals surface area (Å²) in [6, 6.07) is 0. The quantitative estimate of drug-likeness (QED) is 0.0261. The maximum atomic E-state index is 12.9. The summed E-state index contributed by atoms with van der Waals surface area (Å²) in [6.07, 6.45) is 95.9. The number of hydrogen-bond donors (Lipinski definition) is 0. The number of allylic oxidation sites excluding steroid dienone is 16. The minimum absolute atomic E-state index is 0.0791. The van der Waals surface area contributed by atoms with Crippen molar-refractivity contribution in [1.82, 2.24) is 0 Å². The fraction of sp³-hybridized carbons (Fsp3) is 0.753. The first kappa shape index (κ1) is 79.3. The van der Waals surface area contributed by atoms with E-state index in [0.29, 0.717) is 19.3 Å². The average Bonchev–Trinajstić information content (AvgIpc) is 3.49. The van der Waals surface area contributed by atoms with Crippen LogP contribution in [0.15, 0.2) is 97.2 Å². The topological polar surface area (TPSA) is 78.9 Å². The fourth-order valence-corrected chi connectivity index (χ4v) is 10.2. The number of ether oxygens (including phenoxy) is 3. The number of hydrogen-bond acceptors (Lipinski definition) is 6. The summed E-state index contributed by atoms with van der Waals surface area (Å²) in [5.74, 6) is -0.879. The lowest BCUT2D eigenvalue weighted by Crippen LogP contribution is -2.30. The van der Waals surface area contributed by atoms with Gasteiger partial charge in [0.2, 0.25) is 0 Å². The highest BCUT2D eigenvalue weighted by Gasteiger charge is 2.19. The summed E-state index contributed by atoms with van der Waals surface area (Å²) in [7, 11) is 0. The molecule has 0 bridgehead atoms. The van der Waals surface area contributed by atoms with Crippen LogP contribution in [0.3, 0.4) is 0 Å². The normalized spacial score (nSPS) is 12.7. The van der Waals surface area contributed by atoms with Crippen LogP contribution in [-0.4, -0.2) is 37.2 Å². The van der Waals surface area contributed by atoms with Crippen LogP contribution in [0, 0.1) is 0 Å². The van der Waals surface area contributed by atoms with Gasteiger partial charge in [-0.15, -0.1) is 0 Å². The van der Waals surface area contributed by atoms with Gasteiger partial charge in [0.15, 0.2) is 6.10 Å². The van der Waals surface area contributed by atoms with E-state index in [0.717, 1.165) is 109 Å². The van der Waals surface area contributed by atoms with Gasteiger partial charge >= 0.3 is 17.9 Å². The third kappa shape index (κ3) is 69.0. The van der Waals surface area contributed by atoms with Gasteiger partial charge in [-0.1, -0.05) is 311 Å². The lowest BCUT2D eigenvalue weighted by molar-refractivity contribution is -0.167. The van der Waals surface area contributed by atoms with Gasteiger partial charge in [-0.3, -0.25) is 14.4 Å². The zero-order chi connectivity index (χ0) is 59.9. The number of unbranched alkanes of at least 4 members (excludes halogenated alkanes) is 38. The third-order valence-electron chi connectivity index (χ3n) is 15.5. The minimum Gasteiger partial charge on any atom is -0.462 e. The summed E-state index contributed by atoms with van der Waals surface area (Å²) in [5, 5.41) is 0. The van der Waals surface area contributed by atoms with Crippen molar-refractivity contribution in [3.05, 3.63) is 97.2 Å². The van der Waals surface area contributed by atoms with Crippen LogP contribution < -0.4 is 0 Å². The summed E-state index contributed by atoms with van der Waals surface area (Å²) in [6.45, 7) is 6.51. The molecule has 0 rings (SSSR count). The summed E-state index contributed by atoms with van der Waals surface area (Å²) >= 11 is 0. The van der Waals surface area contributed by atoms with Crippen LogP contribution in [0.1, 0.15) is 355 Å². The van der Waals surface area contributed by atoms with Crippen LogP contribution in [0.4, 0.5) is 0 Å². The molecule has 0 aliphatic heterocycles. The van der Waals surface area contributed by atoms with Crippen LogP contribution in [-0.2, 0) is 28.6 Å². The number of esters is 3. The van der Waals surface area contributed by atoms with Crippen molar-refractivity contribution in [1.29, 1.82) is 0 Å². The molecule has 6 heteroatoms. The van der Waals surface area contributed by atoms with Gasteiger partial charge in [0, 0.05) is 19.3 Å². The Morgan fingerprint density at radius 3 is 0.771 bits per heavy atom. The minimum atomic E-state index is -0.784. The molecule has 0 saturated heterocycles. The Morgan fingerprint density at radius 2 is 0.470 bits per heavy atom. The molecule has 83 heavy (non-hydrogen) atoms. The maximum absolute atomic E-state index is 12.9. The van der Waals surface area contributed by atoms with E-state index < -0.39 is 6.10 Å². The van der Waals surface area contributed by atoms with Crippen molar-refractivity contribution >= 4 is 17.9 Å². The molecule has 0 N–H and O–H groups in total. The van der Waals surface area contributed by atoms with Gasteiger partial charge in [0.25, 0.3) is 0 Å². The van der Waals surface area contributed by atoms with Gasteiger partial charge in [0.1, 0.15) is 13.2 Å². The molecule has 0 saturated carbocycles. The Bertz CT molecular complexity index is 1610. The lowest BCUT2D eigenvalue weighted by atomic mass is 10.0. The SMILES string of the molecule is CC/C=C\C/C=C\C/C=C\C/C=C\C/C=C\CCCCCCCCCCCCCCCCCCCCCC(=O)OCC(COC(=O)CCCCCCC/C=C\CCCCCC)OC(=O)CCCCCCCCC/C=C\C/C=C\CCCCC. The van der Waals surface area contributed by atoms with Crippen LogP contribution >= 0.6 is 0 Å². The molecule has 478 valence electrons. The number of rotatable bonds is 65. The van der Waals surface area contributed by atoms with Crippen molar-refractivity contribution in [3.63, 3.8) is 0 Å². The molecular weight excluding hydrogens is 1020 g/mol. The molecule has 1 atom stereocenters. The van der Waals surface area contributed by atoms with Crippen molar-refractivity contribution in [2.75, 3.05) is 13.2 Å². The molecule has 0 fully saturated rings. The molecule has 1 unspecified atom stereocenters. The Hall–Kier alpha value is -3.67. The van der Waals surface area contributed by atoms with Crippen LogP contribution in [0.25, 0.3) is 0 Å². The van der Waals surface area contributed by atoms with Gasteiger partial charge in [-0.25, -0.2) is 0 Å². The van der Waals surface area contributed by atoms with Gasteiger partial charge in [-0.2, -0.15) is 0 Å². The van der Waals surface area contributed by atoms with E-state index in [2.05, 4.69) is 118 Å². The molecule has 0 radical (unpaired) electrons. The molecule has 0 aromatic rings. The number of carbonyl (C=O) groups is 3. The van der Waals surface area contributed by atoms with E-state index in [4.69, 9.17) is 14.2 Å². The highest BCUT2D eigenvalue weighted by Crippen LogP contribution is 2.17. The Kier molecular flexibility index (Phi) is 67.7. The second kappa shape index (κ2) is 70.8. The molecule has 0 heterocycles. The van der Waals surface area contributed by atoms with Crippen molar-refractivity contribution in [2.45, 2.75) is 361 Å². The second-order valence-electron chi connectivity index (χ2n) is 23.8. The second-order valence-corrected chi connectivity index (χ2v) is 23.8. The summed E-state index contributed by atoms with van der Waals surface area (Å²) in [5.41, 5.74) is 0. The zero-order valence-corrected chi connectivity index (χ0v) is 54.9. The maximum Gasteiger partial charge on any atom is 0.306 e. The highest BCUT2D eigenvalue weighted by atomic mass is 16.6. The molecular formula is C77H134O6. The Morgan fingerprint density at radius 1 is 0.253 bits per heavy atom.